The smallest absolute Gasteiger partial charge is 0.191 e. The summed E-state index contributed by atoms with van der Waals surface area (Å²) in [6.45, 7) is 4.99. The lowest BCUT2D eigenvalue weighted by Gasteiger charge is -2.22. The number of likely N-dealkylation sites (N-methyl/N-ethyl adjacent to an activating group) is 1. The molecule has 1 unspecified atom stereocenters. The number of aryl methyl sites for hydroxylation is 1. The first-order valence-electron chi connectivity index (χ1n) is 10.1. The Kier molecular flexibility index (Phi) is 6.78. The Hall–Kier alpha value is -1.75. The van der Waals surface area contributed by atoms with Crippen molar-refractivity contribution in [2.45, 2.75) is 64.1 Å². The van der Waals surface area contributed by atoms with Crippen LogP contribution in [0.4, 0.5) is 0 Å². The predicted molar refractivity (Wildman–Crippen MR) is 108 cm³/mol. The second-order valence-electron chi connectivity index (χ2n) is 7.72. The molecule has 1 saturated heterocycles. The van der Waals surface area contributed by atoms with Crippen LogP contribution in [0.25, 0.3) is 0 Å². The van der Waals surface area contributed by atoms with Crippen LogP contribution in [0.1, 0.15) is 49.7 Å². The van der Waals surface area contributed by atoms with Gasteiger partial charge in [-0.25, -0.2) is 0 Å². The third-order valence-electron chi connectivity index (χ3n) is 5.67. The number of nitrogens with zero attached hydrogens (tertiary/aromatic N) is 2. The van der Waals surface area contributed by atoms with Crippen molar-refractivity contribution in [1.29, 1.82) is 0 Å². The van der Waals surface area contributed by atoms with Gasteiger partial charge in [0, 0.05) is 31.7 Å². The zero-order valence-electron chi connectivity index (χ0n) is 16.6. The van der Waals surface area contributed by atoms with Crippen molar-refractivity contribution in [2.75, 3.05) is 27.2 Å². The SMILES string of the molecule is CN=C(NCc1ccc(C)cc1OC1CCCC1)NCC1CCCN1C. The van der Waals surface area contributed by atoms with Crippen LogP contribution in [0.15, 0.2) is 23.2 Å². The molecule has 2 aliphatic rings. The van der Waals surface area contributed by atoms with Gasteiger partial charge in [0.05, 0.1) is 6.10 Å². The molecule has 0 bridgehead atoms. The van der Waals surface area contributed by atoms with Crippen LogP contribution in [-0.2, 0) is 6.54 Å². The van der Waals surface area contributed by atoms with E-state index < -0.39 is 0 Å². The molecule has 2 fully saturated rings. The molecule has 1 saturated carbocycles. The Morgan fingerprint density at radius 2 is 2.00 bits per heavy atom. The quantitative estimate of drug-likeness (QED) is 0.606. The van der Waals surface area contributed by atoms with Gasteiger partial charge in [-0.1, -0.05) is 12.1 Å². The standard InChI is InChI=1S/C21H34N4O/c1-16-10-11-17(20(13-16)26-19-8-4-5-9-19)14-23-21(22-2)24-15-18-7-6-12-25(18)3/h10-11,13,18-19H,4-9,12,14-15H2,1-3H3,(H2,22,23,24). The average Bonchev–Trinajstić information content (AvgIpc) is 3.28. The lowest BCUT2D eigenvalue weighted by Crippen LogP contribution is -2.43. The number of hydrogen-bond donors (Lipinski definition) is 2. The fourth-order valence-electron chi connectivity index (χ4n) is 3.95. The maximum absolute atomic E-state index is 6.30. The topological polar surface area (TPSA) is 48.9 Å². The van der Waals surface area contributed by atoms with E-state index in [9.17, 15) is 0 Å². The molecule has 1 aliphatic heterocycles. The van der Waals surface area contributed by atoms with Crippen LogP contribution in [0.2, 0.25) is 0 Å². The van der Waals surface area contributed by atoms with Gasteiger partial charge < -0.3 is 20.3 Å². The van der Waals surface area contributed by atoms with Crippen molar-refractivity contribution >= 4 is 5.96 Å². The van der Waals surface area contributed by atoms with Crippen molar-refractivity contribution in [3.05, 3.63) is 29.3 Å². The third-order valence-corrected chi connectivity index (χ3v) is 5.67. The van der Waals surface area contributed by atoms with E-state index >= 15 is 0 Å². The molecule has 26 heavy (non-hydrogen) atoms. The lowest BCUT2D eigenvalue weighted by molar-refractivity contribution is 0.207. The number of hydrogen-bond acceptors (Lipinski definition) is 3. The summed E-state index contributed by atoms with van der Waals surface area (Å²) in [5.41, 5.74) is 2.44. The molecule has 0 spiro atoms. The zero-order valence-corrected chi connectivity index (χ0v) is 16.6. The maximum atomic E-state index is 6.30. The van der Waals surface area contributed by atoms with Crippen LogP contribution >= 0.6 is 0 Å². The number of benzene rings is 1. The van der Waals surface area contributed by atoms with Gasteiger partial charge in [0.25, 0.3) is 0 Å². The third kappa shape index (κ3) is 5.13. The van der Waals surface area contributed by atoms with Crippen LogP contribution in [0.5, 0.6) is 5.75 Å². The van der Waals surface area contributed by atoms with Gasteiger partial charge in [-0.05, 0) is 70.7 Å². The highest BCUT2D eigenvalue weighted by Gasteiger charge is 2.21. The molecule has 1 atom stereocenters. The van der Waals surface area contributed by atoms with Gasteiger partial charge in [0.1, 0.15) is 5.75 Å². The van der Waals surface area contributed by atoms with Crippen molar-refractivity contribution < 1.29 is 4.74 Å². The Balaban J connectivity index is 1.55. The highest BCUT2D eigenvalue weighted by molar-refractivity contribution is 5.79. The minimum Gasteiger partial charge on any atom is -0.490 e. The number of nitrogens with one attached hydrogen (secondary N) is 2. The highest BCUT2D eigenvalue weighted by atomic mass is 16.5. The highest BCUT2D eigenvalue weighted by Crippen LogP contribution is 2.27. The number of guanidine groups is 1. The molecule has 1 aromatic rings. The number of likely N-dealkylation sites (tertiary alicyclic amines) is 1. The Bertz CT molecular complexity index is 610. The van der Waals surface area contributed by atoms with Crippen molar-refractivity contribution in [1.82, 2.24) is 15.5 Å². The van der Waals surface area contributed by atoms with Crippen LogP contribution in [-0.4, -0.2) is 50.2 Å². The molecule has 1 aromatic carbocycles. The second kappa shape index (κ2) is 9.26. The van der Waals surface area contributed by atoms with Crippen molar-refractivity contribution in [2.24, 2.45) is 4.99 Å². The zero-order chi connectivity index (χ0) is 18.4. The second-order valence-corrected chi connectivity index (χ2v) is 7.72. The Labute approximate surface area is 158 Å². The fourth-order valence-corrected chi connectivity index (χ4v) is 3.95. The van der Waals surface area contributed by atoms with E-state index in [4.69, 9.17) is 4.74 Å². The van der Waals surface area contributed by atoms with Gasteiger partial charge in [-0.15, -0.1) is 0 Å². The fraction of sp³-hybridized carbons (Fsp3) is 0.667. The molecule has 2 N–H and O–H groups in total. The minimum atomic E-state index is 0.380. The largest absolute Gasteiger partial charge is 0.490 e. The summed E-state index contributed by atoms with van der Waals surface area (Å²) in [6.07, 6.45) is 7.87. The number of aliphatic imine (C=N–C) groups is 1. The first kappa shape index (κ1) is 19.0. The summed E-state index contributed by atoms with van der Waals surface area (Å²) in [5, 5.41) is 6.92. The normalized spacial score (nSPS) is 22.0. The summed E-state index contributed by atoms with van der Waals surface area (Å²) in [7, 11) is 4.03. The first-order chi connectivity index (χ1) is 12.7. The lowest BCUT2D eigenvalue weighted by atomic mass is 10.1. The van der Waals surface area contributed by atoms with Crippen molar-refractivity contribution in [3.8, 4) is 5.75 Å². The van der Waals surface area contributed by atoms with Crippen molar-refractivity contribution in [3.63, 3.8) is 0 Å². The summed E-state index contributed by atoms with van der Waals surface area (Å²) in [4.78, 5) is 6.80. The summed E-state index contributed by atoms with van der Waals surface area (Å²) < 4.78 is 6.30. The van der Waals surface area contributed by atoms with Gasteiger partial charge in [0.2, 0.25) is 0 Å². The number of ether oxygens (including phenoxy) is 1. The molecule has 0 aromatic heterocycles. The van der Waals surface area contributed by atoms with Crippen LogP contribution in [0, 0.1) is 6.92 Å². The molecular weight excluding hydrogens is 324 g/mol. The van der Waals surface area contributed by atoms with Gasteiger partial charge >= 0.3 is 0 Å². The van der Waals surface area contributed by atoms with E-state index in [-0.39, 0.29) is 0 Å². The minimum absolute atomic E-state index is 0.380. The molecular formula is C21H34N4O. The van der Waals surface area contributed by atoms with Gasteiger partial charge in [0.15, 0.2) is 5.96 Å². The Morgan fingerprint density at radius 1 is 1.19 bits per heavy atom. The summed E-state index contributed by atoms with van der Waals surface area (Å²) >= 11 is 0. The molecule has 144 valence electrons. The van der Waals surface area contributed by atoms with E-state index in [1.807, 2.05) is 7.05 Å². The molecule has 0 radical (unpaired) electrons. The molecule has 5 nitrogen and oxygen atoms in total. The van der Waals surface area contributed by atoms with Crippen LogP contribution < -0.4 is 15.4 Å². The maximum Gasteiger partial charge on any atom is 0.191 e. The van der Waals surface area contributed by atoms with E-state index in [1.54, 1.807) is 0 Å². The molecule has 5 heteroatoms. The summed E-state index contributed by atoms with van der Waals surface area (Å²) in [6, 6.07) is 7.10. The monoisotopic (exact) mass is 358 g/mol. The molecule has 1 aliphatic carbocycles. The van der Waals surface area contributed by atoms with Gasteiger partial charge in [-0.3, -0.25) is 4.99 Å². The van der Waals surface area contributed by atoms with E-state index in [0.29, 0.717) is 12.1 Å². The van der Waals surface area contributed by atoms with E-state index in [0.717, 1.165) is 24.8 Å². The van der Waals surface area contributed by atoms with E-state index in [2.05, 4.69) is 52.7 Å². The van der Waals surface area contributed by atoms with Gasteiger partial charge in [-0.2, -0.15) is 0 Å². The summed E-state index contributed by atoms with van der Waals surface area (Å²) in [5.74, 6) is 1.88. The average molecular weight is 359 g/mol. The Morgan fingerprint density at radius 3 is 2.69 bits per heavy atom. The molecule has 1 heterocycles. The predicted octanol–water partition coefficient (Wildman–Crippen LogP) is 3.08. The molecule has 0 amide bonds. The van der Waals surface area contributed by atoms with Crippen LogP contribution in [0.3, 0.4) is 0 Å². The first-order valence-corrected chi connectivity index (χ1v) is 10.1. The van der Waals surface area contributed by atoms with E-state index in [1.165, 1.54) is 56.2 Å². The molecule has 3 rings (SSSR count). The number of rotatable bonds is 6.